The average molecular weight is 505 g/mol. The number of hydrogen-bond acceptors (Lipinski definition) is 6. The van der Waals surface area contributed by atoms with Crippen LogP contribution in [0.25, 0.3) is 0 Å². The minimum absolute atomic E-state index is 0.0246. The van der Waals surface area contributed by atoms with Gasteiger partial charge in [-0.3, -0.25) is 0 Å². The van der Waals surface area contributed by atoms with Crippen LogP contribution in [-0.4, -0.2) is 61.7 Å². The molecule has 180 valence electrons. The molecule has 0 radical (unpaired) electrons. The predicted molar refractivity (Wildman–Crippen MR) is 142 cm³/mol. The third-order valence-corrected chi connectivity index (χ3v) is 14.8. The molecule has 0 aromatic heterocycles. The number of aliphatic hydroxyl groups excluding tert-OH is 1. The first-order chi connectivity index (χ1) is 15.9. The third-order valence-electron chi connectivity index (χ3n) is 6.69. The van der Waals surface area contributed by atoms with Crippen molar-refractivity contribution in [1.29, 1.82) is 0 Å². The second kappa shape index (κ2) is 10.9. The number of thioether (sulfide) groups is 2. The zero-order valence-corrected chi connectivity index (χ0v) is 22.6. The second-order valence-electron chi connectivity index (χ2n) is 9.78. The van der Waals surface area contributed by atoms with Crippen LogP contribution < -0.4 is 10.4 Å². The van der Waals surface area contributed by atoms with Crippen molar-refractivity contribution in [3.63, 3.8) is 0 Å². The summed E-state index contributed by atoms with van der Waals surface area (Å²) in [6.07, 6.45) is -0.252. The highest BCUT2D eigenvalue weighted by atomic mass is 32.2. The summed E-state index contributed by atoms with van der Waals surface area (Å²) < 4.78 is 19.2. The van der Waals surface area contributed by atoms with Crippen molar-refractivity contribution in [2.75, 3.05) is 25.2 Å². The summed E-state index contributed by atoms with van der Waals surface area (Å²) in [4.78, 5) is 0. The van der Waals surface area contributed by atoms with E-state index in [-0.39, 0.29) is 17.1 Å². The summed E-state index contributed by atoms with van der Waals surface area (Å²) in [5.41, 5.74) is 0. The Kier molecular flexibility index (Phi) is 8.32. The van der Waals surface area contributed by atoms with Crippen LogP contribution in [0.2, 0.25) is 5.04 Å². The molecule has 0 amide bonds. The van der Waals surface area contributed by atoms with Crippen LogP contribution in [0.1, 0.15) is 27.2 Å². The van der Waals surface area contributed by atoms with Gasteiger partial charge in [0, 0.05) is 13.0 Å². The Bertz CT molecular complexity index is 831. The van der Waals surface area contributed by atoms with Gasteiger partial charge in [0.1, 0.15) is 6.10 Å². The lowest BCUT2D eigenvalue weighted by molar-refractivity contribution is -0.152. The Labute approximate surface area is 207 Å². The summed E-state index contributed by atoms with van der Waals surface area (Å²) in [7, 11) is -1.06. The van der Waals surface area contributed by atoms with E-state index in [2.05, 4.69) is 81.4 Å². The highest BCUT2D eigenvalue weighted by Gasteiger charge is 2.53. The van der Waals surface area contributed by atoms with E-state index in [0.29, 0.717) is 11.2 Å². The minimum Gasteiger partial charge on any atom is -0.405 e. The number of methoxy groups -OCH3 is 1. The Hall–Kier alpha value is -0.803. The lowest BCUT2D eigenvalue weighted by Crippen LogP contribution is -2.67. The van der Waals surface area contributed by atoms with Gasteiger partial charge in [-0.1, -0.05) is 81.4 Å². The Balaban J connectivity index is 1.69. The van der Waals surface area contributed by atoms with E-state index in [0.717, 1.165) is 11.5 Å². The molecule has 2 aliphatic rings. The van der Waals surface area contributed by atoms with E-state index < -0.39 is 20.7 Å². The van der Waals surface area contributed by atoms with Crippen LogP contribution in [0.15, 0.2) is 60.7 Å². The van der Waals surface area contributed by atoms with Crippen molar-refractivity contribution in [1.82, 2.24) is 0 Å². The van der Waals surface area contributed by atoms with Crippen LogP contribution >= 0.6 is 23.5 Å². The normalized spacial score (nSPS) is 27.1. The van der Waals surface area contributed by atoms with Crippen molar-refractivity contribution in [3.8, 4) is 0 Å². The van der Waals surface area contributed by atoms with Gasteiger partial charge in [-0.15, -0.1) is 23.5 Å². The molecule has 4 nitrogen and oxygen atoms in total. The van der Waals surface area contributed by atoms with Gasteiger partial charge in [0.25, 0.3) is 8.32 Å². The van der Waals surface area contributed by atoms with E-state index in [4.69, 9.17) is 13.9 Å². The molecule has 0 aliphatic carbocycles. The first kappa shape index (κ1) is 25.3. The van der Waals surface area contributed by atoms with Gasteiger partial charge < -0.3 is 19.0 Å². The summed E-state index contributed by atoms with van der Waals surface area (Å²) in [5, 5.41) is 13.5. The molecule has 2 aromatic carbocycles. The molecule has 2 heterocycles. The third kappa shape index (κ3) is 5.10. The topological polar surface area (TPSA) is 47.9 Å². The first-order valence-electron chi connectivity index (χ1n) is 11.7. The maximum Gasteiger partial charge on any atom is 0.261 e. The van der Waals surface area contributed by atoms with E-state index in [1.807, 2.05) is 23.5 Å². The maximum atomic E-state index is 11.1. The summed E-state index contributed by atoms with van der Waals surface area (Å²) >= 11 is 3.87. The molecular formula is C26H36O4S2Si. The van der Waals surface area contributed by atoms with Crippen LogP contribution in [0.4, 0.5) is 0 Å². The van der Waals surface area contributed by atoms with Crippen molar-refractivity contribution in [2.24, 2.45) is 5.92 Å². The van der Waals surface area contributed by atoms with Gasteiger partial charge in [0.05, 0.1) is 17.3 Å². The van der Waals surface area contributed by atoms with Gasteiger partial charge >= 0.3 is 0 Å². The number of ether oxygens (including phenoxy) is 2. The highest BCUT2D eigenvalue weighted by molar-refractivity contribution is 8.17. The molecule has 4 atom stereocenters. The molecule has 0 unspecified atom stereocenters. The van der Waals surface area contributed by atoms with Gasteiger partial charge in [-0.2, -0.15) is 0 Å². The van der Waals surface area contributed by atoms with Gasteiger partial charge in [0.2, 0.25) is 0 Å². The fraction of sp³-hybridized carbons (Fsp3) is 0.538. The molecule has 1 N–H and O–H groups in total. The molecule has 4 rings (SSSR count). The van der Waals surface area contributed by atoms with Gasteiger partial charge in [-0.25, -0.2) is 0 Å². The lowest BCUT2D eigenvalue weighted by atomic mass is 10.0. The smallest absolute Gasteiger partial charge is 0.261 e. The molecule has 0 saturated carbocycles. The molecule has 7 heteroatoms. The van der Waals surface area contributed by atoms with Crippen LogP contribution in [-0.2, 0) is 13.9 Å². The number of benzene rings is 2. The number of hydrogen-bond donors (Lipinski definition) is 1. The van der Waals surface area contributed by atoms with Crippen LogP contribution in [0, 0.1) is 5.92 Å². The molecule has 0 bridgehead atoms. The fourth-order valence-corrected chi connectivity index (χ4v) is 13.0. The van der Waals surface area contributed by atoms with Crippen LogP contribution in [0.3, 0.4) is 0 Å². The largest absolute Gasteiger partial charge is 0.405 e. The first-order valence-corrected chi connectivity index (χ1v) is 15.7. The van der Waals surface area contributed by atoms with Gasteiger partial charge in [0.15, 0.2) is 6.29 Å². The molecule has 2 fully saturated rings. The van der Waals surface area contributed by atoms with E-state index >= 15 is 0 Å². The molecule has 33 heavy (non-hydrogen) atoms. The van der Waals surface area contributed by atoms with Crippen molar-refractivity contribution in [2.45, 2.75) is 55.3 Å². The summed E-state index contributed by atoms with van der Waals surface area (Å²) in [6, 6.07) is 21.3. The maximum absolute atomic E-state index is 11.1. The number of rotatable bonds is 7. The lowest BCUT2D eigenvalue weighted by Gasteiger charge is -2.44. The molecule has 2 saturated heterocycles. The Morgan fingerprint density at radius 1 is 0.970 bits per heavy atom. The van der Waals surface area contributed by atoms with E-state index in [1.54, 1.807) is 7.11 Å². The monoisotopic (exact) mass is 504 g/mol. The van der Waals surface area contributed by atoms with E-state index in [9.17, 15) is 5.11 Å². The fourth-order valence-electron chi connectivity index (χ4n) is 5.12. The summed E-state index contributed by atoms with van der Waals surface area (Å²) in [6.45, 7) is 7.29. The number of aliphatic hydroxyl groups is 1. The van der Waals surface area contributed by atoms with Crippen LogP contribution in [0.5, 0.6) is 0 Å². The highest BCUT2D eigenvalue weighted by Crippen LogP contribution is 2.44. The summed E-state index contributed by atoms with van der Waals surface area (Å²) in [5.74, 6) is 2.23. The molecule has 2 aliphatic heterocycles. The van der Waals surface area contributed by atoms with Crippen molar-refractivity contribution in [3.05, 3.63) is 60.7 Å². The SMILES string of the molecule is CO[C@H]1O[C@H](CO[Si](c2ccccc2)(c2ccccc2)C(C)(C)C)[C@@H](C2SCCCS2)[C@@H]1O. The zero-order valence-electron chi connectivity index (χ0n) is 20.0. The Morgan fingerprint density at radius 2 is 1.52 bits per heavy atom. The zero-order chi connectivity index (χ0) is 23.5. The predicted octanol–water partition coefficient (Wildman–Crippen LogP) is 4.11. The Morgan fingerprint density at radius 3 is 2.00 bits per heavy atom. The van der Waals surface area contributed by atoms with Gasteiger partial charge in [-0.05, 0) is 33.3 Å². The quantitative estimate of drug-likeness (QED) is 0.573. The van der Waals surface area contributed by atoms with E-state index in [1.165, 1.54) is 16.8 Å². The molecular weight excluding hydrogens is 469 g/mol. The van der Waals surface area contributed by atoms with Crippen molar-refractivity contribution < 1.29 is 19.0 Å². The van der Waals surface area contributed by atoms with Crippen molar-refractivity contribution >= 4 is 42.2 Å². The average Bonchev–Trinajstić information content (AvgIpc) is 3.15. The molecule has 0 spiro atoms. The standard InChI is InChI=1S/C26H36O4S2Si/c1-26(2,3)33(19-12-7-5-8-13-19,20-14-9-6-10-15-20)29-18-21-22(23(27)24(28-4)30-21)25-31-16-11-17-32-25/h5-10,12-15,21-25,27H,11,16-18H2,1-4H3/t21-,22-,23+,24+/m1/s1. The second-order valence-corrected chi connectivity index (χ2v) is 16.9. The molecule has 2 aromatic rings. The minimum atomic E-state index is -2.67.